The van der Waals surface area contributed by atoms with Crippen molar-refractivity contribution in [1.29, 1.82) is 0 Å². The van der Waals surface area contributed by atoms with Crippen LogP contribution in [0, 0.1) is 0 Å². The molecule has 4 heteroatoms. The van der Waals surface area contributed by atoms with Gasteiger partial charge in [-0.3, -0.25) is 14.5 Å². The lowest BCUT2D eigenvalue weighted by Crippen LogP contribution is -2.48. The number of nitrogens with zero attached hydrogens (tertiary/aromatic N) is 1. The molecule has 0 radical (unpaired) electrons. The smallest absolute Gasteiger partial charge is 0.229 e. The minimum Gasteiger partial charge on any atom is -0.328 e. The van der Waals surface area contributed by atoms with Crippen LogP contribution in [0.4, 0.5) is 0 Å². The van der Waals surface area contributed by atoms with Gasteiger partial charge in [0, 0.05) is 19.4 Å². The van der Waals surface area contributed by atoms with Crippen molar-refractivity contribution >= 4 is 11.8 Å². The van der Waals surface area contributed by atoms with Crippen LogP contribution in [0.2, 0.25) is 0 Å². The highest BCUT2D eigenvalue weighted by Crippen LogP contribution is 2.17. The molecule has 1 aromatic carbocycles. The van der Waals surface area contributed by atoms with Crippen LogP contribution in [-0.2, 0) is 16.0 Å². The van der Waals surface area contributed by atoms with Gasteiger partial charge in [-0.05, 0) is 24.8 Å². The molecule has 1 aliphatic heterocycles. The highest BCUT2D eigenvalue weighted by Gasteiger charge is 2.30. The van der Waals surface area contributed by atoms with Crippen LogP contribution < -0.4 is 5.73 Å². The highest BCUT2D eigenvalue weighted by atomic mass is 16.2. The summed E-state index contributed by atoms with van der Waals surface area (Å²) in [7, 11) is 0. The Morgan fingerprint density at radius 2 is 1.63 bits per heavy atom. The molecule has 0 aromatic heterocycles. The molecule has 1 unspecified atom stereocenters. The minimum atomic E-state index is -0.222. The second-order valence-corrected chi connectivity index (χ2v) is 4.94. The minimum absolute atomic E-state index is 0.0751. The van der Waals surface area contributed by atoms with Gasteiger partial charge in [0.25, 0.3) is 0 Å². The van der Waals surface area contributed by atoms with Gasteiger partial charge < -0.3 is 5.73 Å². The predicted molar refractivity (Wildman–Crippen MR) is 73.3 cm³/mol. The zero-order valence-corrected chi connectivity index (χ0v) is 11.0. The standard InChI is InChI=1S/C15H20N2O2/c16-11-13(10-12-6-2-1-3-7-12)17-14(18)8-4-5-9-15(17)19/h1-3,6-7,13H,4-5,8-11,16H2. The SMILES string of the molecule is NCC(Cc1ccccc1)N1C(=O)CCCCC1=O. The normalized spacial score (nSPS) is 18.3. The summed E-state index contributed by atoms with van der Waals surface area (Å²) >= 11 is 0. The first-order chi connectivity index (χ1) is 9.22. The molecule has 0 bridgehead atoms. The van der Waals surface area contributed by atoms with E-state index in [4.69, 9.17) is 5.73 Å². The van der Waals surface area contributed by atoms with Gasteiger partial charge in [0.1, 0.15) is 0 Å². The average molecular weight is 260 g/mol. The van der Waals surface area contributed by atoms with Crippen LogP contribution in [0.3, 0.4) is 0 Å². The third-order valence-corrected chi connectivity index (χ3v) is 3.52. The molecule has 1 atom stereocenters. The molecule has 1 fully saturated rings. The quantitative estimate of drug-likeness (QED) is 0.834. The first kappa shape index (κ1) is 13.7. The molecule has 19 heavy (non-hydrogen) atoms. The third-order valence-electron chi connectivity index (χ3n) is 3.52. The van der Waals surface area contributed by atoms with Gasteiger partial charge in [0.15, 0.2) is 0 Å². The molecule has 0 saturated carbocycles. The molecule has 1 heterocycles. The van der Waals surface area contributed by atoms with E-state index in [0.717, 1.165) is 18.4 Å². The number of carbonyl (C=O) groups excluding carboxylic acids is 2. The predicted octanol–water partition coefficient (Wildman–Crippen LogP) is 1.49. The number of hydrogen-bond acceptors (Lipinski definition) is 3. The Balaban J connectivity index is 2.15. The Kier molecular flexibility index (Phi) is 4.68. The van der Waals surface area contributed by atoms with E-state index in [-0.39, 0.29) is 17.9 Å². The van der Waals surface area contributed by atoms with Crippen LogP contribution in [0.1, 0.15) is 31.2 Å². The van der Waals surface area contributed by atoms with Crippen LogP contribution in [-0.4, -0.2) is 29.3 Å². The summed E-state index contributed by atoms with van der Waals surface area (Å²) in [6.07, 6.45) is 3.14. The fraction of sp³-hybridized carbons (Fsp3) is 0.467. The lowest BCUT2D eigenvalue weighted by atomic mass is 10.0. The van der Waals surface area contributed by atoms with E-state index in [1.54, 1.807) is 0 Å². The molecular weight excluding hydrogens is 240 g/mol. The molecule has 2 rings (SSSR count). The topological polar surface area (TPSA) is 63.4 Å². The number of rotatable bonds is 4. The van der Waals surface area contributed by atoms with Crippen molar-refractivity contribution in [1.82, 2.24) is 4.90 Å². The van der Waals surface area contributed by atoms with Crippen LogP contribution in [0.15, 0.2) is 30.3 Å². The van der Waals surface area contributed by atoms with E-state index < -0.39 is 0 Å². The number of nitrogens with two attached hydrogens (primary N) is 1. The number of imide groups is 1. The van der Waals surface area contributed by atoms with Gasteiger partial charge in [0.05, 0.1) is 6.04 Å². The fourth-order valence-corrected chi connectivity index (χ4v) is 2.51. The summed E-state index contributed by atoms with van der Waals surface area (Å²) in [5, 5.41) is 0. The lowest BCUT2D eigenvalue weighted by Gasteiger charge is -2.28. The van der Waals surface area contributed by atoms with E-state index in [1.807, 2.05) is 30.3 Å². The first-order valence-corrected chi connectivity index (χ1v) is 6.81. The zero-order chi connectivity index (χ0) is 13.7. The summed E-state index contributed by atoms with van der Waals surface area (Å²) in [5.74, 6) is -0.150. The monoisotopic (exact) mass is 260 g/mol. The highest BCUT2D eigenvalue weighted by molar-refractivity contribution is 5.96. The van der Waals surface area contributed by atoms with Gasteiger partial charge in [-0.15, -0.1) is 0 Å². The Morgan fingerprint density at radius 1 is 1.05 bits per heavy atom. The van der Waals surface area contributed by atoms with E-state index in [2.05, 4.69) is 0 Å². The third kappa shape index (κ3) is 3.41. The Morgan fingerprint density at radius 3 is 2.16 bits per heavy atom. The van der Waals surface area contributed by atoms with Gasteiger partial charge >= 0.3 is 0 Å². The summed E-state index contributed by atoms with van der Waals surface area (Å²) < 4.78 is 0. The summed E-state index contributed by atoms with van der Waals surface area (Å²) in [6.45, 7) is 0.312. The maximum absolute atomic E-state index is 12.1. The molecule has 0 spiro atoms. The molecule has 4 nitrogen and oxygen atoms in total. The number of likely N-dealkylation sites (tertiary alicyclic amines) is 1. The Hall–Kier alpha value is -1.68. The van der Waals surface area contributed by atoms with Crippen molar-refractivity contribution < 1.29 is 9.59 Å². The second-order valence-electron chi connectivity index (χ2n) is 4.94. The molecule has 0 aliphatic carbocycles. The van der Waals surface area contributed by atoms with E-state index in [9.17, 15) is 9.59 Å². The van der Waals surface area contributed by atoms with Gasteiger partial charge in [-0.25, -0.2) is 0 Å². The van der Waals surface area contributed by atoms with Gasteiger partial charge in [0.2, 0.25) is 11.8 Å². The van der Waals surface area contributed by atoms with Crippen LogP contribution >= 0.6 is 0 Å². The molecular formula is C15H20N2O2. The molecule has 102 valence electrons. The fourth-order valence-electron chi connectivity index (χ4n) is 2.51. The van der Waals surface area contributed by atoms with Crippen LogP contribution in [0.25, 0.3) is 0 Å². The zero-order valence-electron chi connectivity index (χ0n) is 11.0. The summed E-state index contributed by atoms with van der Waals surface area (Å²) in [6, 6.07) is 9.62. The van der Waals surface area contributed by atoms with Crippen molar-refractivity contribution in [3.05, 3.63) is 35.9 Å². The van der Waals surface area contributed by atoms with Crippen molar-refractivity contribution in [2.75, 3.05) is 6.54 Å². The maximum atomic E-state index is 12.1. The average Bonchev–Trinajstić information content (AvgIpc) is 2.59. The maximum Gasteiger partial charge on any atom is 0.229 e. The van der Waals surface area contributed by atoms with E-state index >= 15 is 0 Å². The van der Waals surface area contributed by atoms with E-state index in [0.29, 0.717) is 25.8 Å². The molecule has 1 aliphatic rings. The molecule has 1 saturated heterocycles. The molecule has 2 N–H and O–H groups in total. The van der Waals surface area contributed by atoms with Gasteiger partial charge in [-0.1, -0.05) is 30.3 Å². The molecule has 1 aromatic rings. The van der Waals surface area contributed by atoms with Crippen molar-refractivity contribution in [2.45, 2.75) is 38.1 Å². The number of benzene rings is 1. The Bertz CT molecular complexity index is 427. The van der Waals surface area contributed by atoms with E-state index in [1.165, 1.54) is 4.90 Å². The number of carbonyl (C=O) groups is 2. The summed E-state index contributed by atoms with van der Waals surface area (Å²) in [4.78, 5) is 25.5. The van der Waals surface area contributed by atoms with Gasteiger partial charge in [-0.2, -0.15) is 0 Å². The number of hydrogen-bond donors (Lipinski definition) is 1. The van der Waals surface area contributed by atoms with Crippen molar-refractivity contribution in [2.24, 2.45) is 5.73 Å². The van der Waals surface area contributed by atoms with Crippen molar-refractivity contribution in [3.63, 3.8) is 0 Å². The molecule has 2 amide bonds. The van der Waals surface area contributed by atoms with Crippen LogP contribution in [0.5, 0.6) is 0 Å². The largest absolute Gasteiger partial charge is 0.328 e. The Labute approximate surface area is 113 Å². The number of amides is 2. The lowest BCUT2D eigenvalue weighted by molar-refractivity contribution is -0.146. The first-order valence-electron chi connectivity index (χ1n) is 6.81. The summed E-state index contributed by atoms with van der Waals surface area (Å²) in [5.41, 5.74) is 6.88. The second kappa shape index (κ2) is 6.48. The van der Waals surface area contributed by atoms with Crippen molar-refractivity contribution in [3.8, 4) is 0 Å².